The Morgan fingerprint density at radius 1 is 1.55 bits per heavy atom. The highest BCUT2D eigenvalue weighted by atomic mass is 32.2. The van der Waals surface area contributed by atoms with Crippen molar-refractivity contribution in [2.45, 2.75) is 11.9 Å². The molecule has 0 aliphatic carbocycles. The van der Waals surface area contributed by atoms with E-state index in [-0.39, 0.29) is 0 Å². The number of thioether (sulfide) groups is 1. The van der Waals surface area contributed by atoms with Crippen LogP contribution in [0.25, 0.3) is 0 Å². The van der Waals surface area contributed by atoms with Gasteiger partial charge in [0.05, 0.1) is 11.0 Å². The Morgan fingerprint density at radius 3 is 3.09 bits per heavy atom. The standard InChI is InChI=1S/C8H11NOS/c1-2-10-7-11-8-5-3-4-6-9-8/h3-6H,2,7H2,1H3. The largest absolute Gasteiger partial charge is 0.371 e. The van der Waals surface area contributed by atoms with Crippen molar-refractivity contribution in [3.8, 4) is 0 Å². The molecule has 2 nitrogen and oxygen atoms in total. The summed E-state index contributed by atoms with van der Waals surface area (Å²) >= 11 is 1.61. The van der Waals surface area contributed by atoms with Crippen molar-refractivity contribution in [1.29, 1.82) is 0 Å². The first-order valence-electron chi connectivity index (χ1n) is 3.55. The number of rotatable bonds is 4. The summed E-state index contributed by atoms with van der Waals surface area (Å²) in [5.41, 5.74) is 0. The molecule has 1 heterocycles. The van der Waals surface area contributed by atoms with E-state index < -0.39 is 0 Å². The zero-order valence-electron chi connectivity index (χ0n) is 6.49. The Labute approximate surface area is 71.0 Å². The van der Waals surface area contributed by atoms with Gasteiger partial charge in [-0.25, -0.2) is 4.98 Å². The maximum absolute atomic E-state index is 5.16. The smallest absolute Gasteiger partial charge is 0.0982 e. The summed E-state index contributed by atoms with van der Waals surface area (Å²) in [7, 11) is 0. The Morgan fingerprint density at radius 2 is 2.45 bits per heavy atom. The van der Waals surface area contributed by atoms with Crippen LogP contribution < -0.4 is 0 Å². The van der Waals surface area contributed by atoms with Gasteiger partial charge in [-0.05, 0) is 19.1 Å². The van der Waals surface area contributed by atoms with Gasteiger partial charge in [-0.1, -0.05) is 17.8 Å². The molecule has 1 aromatic heterocycles. The lowest BCUT2D eigenvalue weighted by atomic mass is 10.5. The van der Waals surface area contributed by atoms with Gasteiger partial charge in [-0.2, -0.15) is 0 Å². The molecule has 11 heavy (non-hydrogen) atoms. The normalized spacial score (nSPS) is 9.91. The second-order valence-corrected chi connectivity index (χ2v) is 2.87. The predicted molar refractivity (Wildman–Crippen MR) is 46.6 cm³/mol. The lowest BCUT2D eigenvalue weighted by Crippen LogP contribution is -1.88. The third-order valence-corrected chi connectivity index (χ3v) is 1.95. The fourth-order valence-electron chi connectivity index (χ4n) is 0.618. The highest BCUT2D eigenvalue weighted by molar-refractivity contribution is 7.99. The maximum atomic E-state index is 5.16. The van der Waals surface area contributed by atoms with Gasteiger partial charge in [0.15, 0.2) is 0 Å². The van der Waals surface area contributed by atoms with E-state index in [1.807, 2.05) is 25.1 Å². The molecule has 1 rings (SSSR count). The monoisotopic (exact) mass is 169 g/mol. The molecule has 0 N–H and O–H groups in total. The van der Waals surface area contributed by atoms with Crippen LogP contribution in [0.3, 0.4) is 0 Å². The molecule has 0 bridgehead atoms. The third-order valence-electron chi connectivity index (χ3n) is 1.13. The van der Waals surface area contributed by atoms with Gasteiger partial charge in [0.25, 0.3) is 0 Å². The zero-order valence-corrected chi connectivity index (χ0v) is 7.30. The van der Waals surface area contributed by atoms with E-state index in [1.165, 1.54) is 0 Å². The predicted octanol–water partition coefficient (Wildman–Crippen LogP) is 2.17. The first kappa shape index (κ1) is 8.56. The minimum atomic E-state index is 0.688. The van der Waals surface area contributed by atoms with Crippen molar-refractivity contribution < 1.29 is 4.74 Å². The molecule has 0 spiro atoms. The third kappa shape index (κ3) is 3.39. The van der Waals surface area contributed by atoms with E-state index in [4.69, 9.17) is 4.74 Å². The van der Waals surface area contributed by atoms with Crippen LogP contribution in [0.15, 0.2) is 29.4 Å². The Balaban J connectivity index is 2.28. The lowest BCUT2D eigenvalue weighted by molar-refractivity contribution is 0.199. The summed E-state index contributed by atoms with van der Waals surface area (Å²) in [5.74, 6) is 0.688. The van der Waals surface area contributed by atoms with Crippen LogP contribution >= 0.6 is 11.8 Å². The summed E-state index contributed by atoms with van der Waals surface area (Å²) in [6, 6.07) is 5.86. The number of nitrogens with zero attached hydrogens (tertiary/aromatic N) is 1. The highest BCUT2D eigenvalue weighted by Gasteiger charge is 1.91. The minimum absolute atomic E-state index is 0.688. The molecule has 0 aliphatic rings. The minimum Gasteiger partial charge on any atom is -0.371 e. The van der Waals surface area contributed by atoms with Gasteiger partial charge in [-0.3, -0.25) is 0 Å². The molecule has 0 unspecified atom stereocenters. The summed E-state index contributed by atoms with van der Waals surface area (Å²) < 4.78 is 5.16. The van der Waals surface area contributed by atoms with Crippen molar-refractivity contribution in [3.05, 3.63) is 24.4 Å². The van der Waals surface area contributed by atoms with Gasteiger partial charge >= 0.3 is 0 Å². The van der Waals surface area contributed by atoms with E-state index in [2.05, 4.69) is 4.98 Å². The topological polar surface area (TPSA) is 22.1 Å². The van der Waals surface area contributed by atoms with Crippen molar-refractivity contribution in [2.75, 3.05) is 12.5 Å². The molecule has 60 valence electrons. The lowest BCUT2D eigenvalue weighted by Gasteiger charge is -1.98. The maximum Gasteiger partial charge on any atom is 0.0982 e. The Hall–Kier alpha value is -0.540. The second kappa shape index (κ2) is 5.16. The molecule has 0 amide bonds. The Kier molecular flexibility index (Phi) is 4.01. The zero-order chi connectivity index (χ0) is 7.94. The van der Waals surface area contributed by atoms with Crippen LogP contribution in [0.2, 0.25) is 0 Å². The molecule has 0 aromatic carbocycles. The molecule has 0 aliphatic heterocycles. The summed E-state index contributed by atoms with van der Waals surface area (Å²) in [6.45, 7) is 2.75. The summed E-state index contributed by atoms with van der Waals surface area (Å²) in [4.78, 5) is 4.13. The number of hydrogen-bond donors (Lipinski definition) is 0. The van der Waals surface area contributed by atoms with Gasteiger partial charge in [0.1, 0.15) is 0 Å². The molecule has 3 heteroatoms. The number of ether oxygens (including phenoxy) is 1. The van der Waals surface area contributed by atoms with E-state index in [0.717, 1.165) is 11.6 Å². The van der Waals surface area contributed by atoms with E-state index in [0.29, 0.717) is 5.94 Å². The van der Waals surface area contributed by atoms with Gasteiger partial charge in [0.2, 0.25) is 0 Å². The fourth-order valence-corrected chi connectivity index (χ4v) is 1.30. The SMILES string of the molecule is CCOCSc1ccccn1. The molecule has 0 radical (unpaired) electrons. The number of aromatic nitrogens is 1. The first-order chi connectivity index (χ1) is 5.43. The van der Waals surface area contributed by atoms with Crippen LogP contribution in [0, 0.1) is 0 Å². The summed E-state index contributed by atoms with van der Waals surface area (Å²) in [5, 5.41) is 1.01. The van der Waals surface area contributed by atoms with Crippen LogP contribution in [-0.4, -0.2) is 17.5 Å². The molecule has 0 fully saturated rings. The Bertz CT molecular complexity index is 191. The van der Waals surface area contributed by atoms with Crippen LogP contribution in [-0.2, 0) is 4.74 Å². The second-order valence-electron chi connectivity index (χ2n) is 1.92. The van der Waals surface area contributed by atoms with Gasteiger partial charge in [-0.15, -0.1) is 0 Å². The van der Waals surface area contributed by atoms with Crippen molar-refractivity contribution in [2.24, 2.45) is 0 Å². The van der Waals surface area contributed by atoms with Crippen molar-refractivity contribution >= 4 is 11.8 Å². The van der Waals surface area contributed by atoms with Crippen LogP contribution in [0.4, 0.5) is 0 Å². The average Bonchev–Trinajstić information content (AvgIpc) is 2.07. The molecule has 0 saturated heterocycles. The van der Waals surface area contributed by atoms with Crippen molar-refractivity contribution in [3.63, 3.8) is 0 Å². The highest BCUT2D eigenvalue weighted by Crippen LogP contribution is 2.13. The molecule has 0 atom stereocenters. The van der Waals surface area contributed by atoms with Crippen LogP contribution in [0.5, 0.6) is 0 Å². The number of hydrogen-bond acceptors (Lipinski definition) is 3. The fraction of sp³-hybridized carbons (Fsp3) is 0.375. The number of pyridine rings is 1. The quantitative estimate of drug-likeness (QED) is 0.392. The van der Waals surface area contributed by atoms with Crippen LogP contribution in [0.1, 0.15) is 6.92 Å². The first-order valence-corrected chi connectivity index (χ1v) is 4.53. The van der Waals surface area contributed by atoms with E-state index >= 15 is 0 Å². The van der Waals surface area contributed by atoms with E-state index in [9.17, 15) is 0 Å². The van der Waals surface area contributed by atoms with Crippen molar-refractivity contribution in [1.82, 2.24) is 4.98 Å². The van der Waals surface area contributed by atoms with E-state index in [1.54, 1.807) is 18.0 Å². The molecule has 1 aromatic rings. The average molecular weight is 169 g/mol. The molecule has 0 saturated carbocycles. The molecular formula is C8H11NOS. The molecular weight excluding hydrogens is 158 g/mol. The van der Waals surface area contributed by atoms with Gasteiger partial charge < -0.3 is 4.74 Å². The summed E-state index contributed by atoms with van der Waals surface area (Å²) in [6.07, 6.45) is 1.79. The van der Waals surface area contributed by atoms with Gasteiger partial charge in [0, 0.05) is 12.8 Å².